The van der Waals surface area contributed by atoms with E-state index in [4.69, 9.17) is 0 Å². The lowest BCUT2D eigenvalue weighted by Crippen LogP contribution is -2.48. The van der Waals surface area contributed by atoms with E-state index in [-0.39, 0.29) is 11.9 Å². The van der Waals surface area contributed by atoms with Crippen LogP contribution in [0.4, 0.5) is 0 Å². The van der Waals surface area contributed by atoms with Crippen LogP contribution in [0.2, 0.25) is 0 Å². The van der Waals surface area contributed by atoms with Crippen molar-refractivity contribution in [3.63, 3.8) is 0 Å². The maximum Gasteiger partial charge on any atom is 0.227 e. The minimum Gasteiger partial charge on any atom is -0.361 e. The highest BCUT2D eigenvalue weighted by atomic mass is 16.2. The third kappa shape index (κ3) is 3.25. The minimum absolute atomic E-state index is 0.204. The van der Waals surface area contributed by atoms with E-state index >= 15 is 0 Å². The van der Waals surface area contributed by atoms with E-state index in [9.17, 15) is 4.79 Å². The predicted molar refractivity (Wildman–Crippen MR) is 105 cm³/mol. The molecular weight excluding hydrogens is 322 g/mol. The van der Waals surface area contributed by atoms with Crippen molar-refractivity contribution >= 4 is 16.8 Å². The number of amides is 1. The van der Waals surface area contributed by atoms with Crippen molar-refractivity contribution in [2.75, 3.05) is 19.6 Å². The van der Waals surface area contributed by atoms with Gasteiger partial charge in [-0.1, -0.05) is 55.5 Å². The number of H-pyrrole nitrogens is 1. The molecule has 1 aliphatic rings. The Balaban J connectivity index is 1.50. The molecule has 1 fully saturated rings. The van der Waals surface area contributed by atoms with Crippen molar-refractivity contribution in [2.24, 2.45) is 0 Å². The summed E-state index contributed by atoms with van der Waals surface area (Å²) in [6.07, 6.45) is 3.44. The number of aromatic nitrogens is 1. The average Bonchev–Trinajstić information content (AvgIpc) is 3.11. The van der Waals surface area contributed by atoms with Gasteiger partial charge in [0.25, 0.3) is 0 Å². The first-order valence-electron chi connectivity index (χ1n) is 9.40. The van der Waals surface area contributed by atoms with Gasteiger partial charge < -0.3 is 15.2 Å². The third-order valence-corrected chi connectivity index (χ3v) is 5.34. The van der Waals surface area contributed by atoms with Crippen LogP contribution in [-0.4, -0.2) is 35.4 Å². The Morgan fingerprint density at radius 2 is 1.96 bits per heavy atom. The average molecular weight is 347 g/mol. The molecule has 3 aromatic rings. The molecule has 2 heterocycles. The zero-order valence-electron chi connectivity index (χ0n) is 15.2. The quantitative estimate of drug-likeness (QED) is 0.759. The van der Waals surface area contributed by atoms with Crippen LogP contribution in [0.3, 0.4) is 0 Å². The van der Waals surface area contributed by atoms with Gasteiger partial charge in [0.05, 0.1) is 6.42 Å². The van der Waals surface area contributed by atoms with Crippen LogP contribution in [0.15, 0.2) is 54.7 Å². The van der Waals surface area contributed by atoms with Crippen LogP contribution in [0.25, 0.3) is 10.9 Å². The molecule has 4 rings (SSSR count). The summed E-state index contributed by atoms with van der Waals surface area (Å²) in [4.78, 5) is 18.3. The van der Waals surface area contributed by atoms with E-state index in [2.05, 4.69) is 59.7 Å². The van der Waals surface area contributed by atoms with Gasteiger partial charge >= 0.3 is 0 Å². The SMILES string of the molecule is CCc1cccc2c(CC(=O)N3CCNC(c4ccccc4)C3)c[nH]c12. The zero-order chi connectivity index (χ0) is 17.9. The lowest BCUT2D eigenvalue weighted by Gasteiger charge is -2.34. The Hall–Kier alpha value is -2.59. The summed E-state index contributed by atoms with van der Waals surface area (Å²) in [5.74, 6) is 0.204. The number of rotatable bonds is 4. The van der Waals surface area contributed by atoms with Crippen LogP contribution in [0, 0.1) is 0 Å². The number of fused-ring (bicyclic) bond motifs is 1. The number of carbonyl (C=O) groups is 1. The van der Waals surface area contributed by atoms with E-state index in [1.807, 2.05) is 17.2 Å². The molecule has 0 bridgehead atoms. The molecule has 4 heteroatoms. The zero-order valence-corrected chi connectivity index (χ0v) is 15.2. The number of aryl methyl sites for hydroxylation is 1. The molecule has 1 unspecified atom stereocenters. The maximum absolute atomic E-state index is 12.9. The summed E-state index contributed by atoms with van der Waals surface area (Å²) in [7, 11) is 0. The van der Waals surface area contributed by atoms with Gasteiger partial charge in [-0.05, 0) is 23.1 Å². The van der Waals surface area contributed by atoms with Gasteiger partial charge in [-0.25, -0.2) is 0 Å². The molecule has 1 saturated heterocycles. The van der Waals surface area contributed by atoms with Gasteiger partial charge in [0.2, 0.25) is 5.91 Å². The first kappa shape index (κ1) is 16.9. The second-order valence-corrected chi connectivity index (χ2v) is 6.94. The Labute approximate surface area is 154 Å². The minimum atomic E-state index is 0.204. The fourth-order valence-electron chi connectivity index (χ4n) is 3.88. The highest BCUT2D eigenvalue weighted by Crippen LogP contribution is 2.24. The summed E-state index contributed by atoms with van der Waals surface area (Å²) in [5.41, 5.74) is 4.80. The van der Waals surface area contributed by atoms with Crippen LogP contribution in [0.5, 0.6) is 0 Å². The van der Waals surface area contributed by atoms with Crippen molar-refractivity contribution < 1.29 is 4.79 Å². The Morgan fingerprint density at radius 1 is 1.12 bits per heavy atom. The predicted octanol–water partition coefficient (Wildman–Crippen LogP) is 3.45. The fraction of sp³-hybridized carbons (Fsp3) is 0.318. The molecular formula is C22H25N3O. The van der Waals surface area contributed by atoms with E-state index < -0.39 is 0 Å². The second-order valence-electron chi connectivity index (χ2n) is 6.94. The number of nitrogens with one attached hydrogen (secondary N) is 2. The van der Waals surface area contributed by atoms with Gasteiger partial charge in [0.15, 0.2) is 0 Å². The van der Waals surface area contributed by atoms with Crippen molar-refractivity contribution in [2.45, 2.75) is 25.8 Å². The maximum atomic E-state index is 12.9. The Bertz CT molecular complexity index is 900. The number of para-hydroxylation sites is 1. The van der Waals surface area contributed by atoms with Gasteiger partial charge in [0.1, 0.15) is 0 Å². The summed E-state index contributed by atoms with van der Waals surface area (Å²) < 4.78 is 0. The third-order valence-electron chi connectivity index (χ3n) is 5.34. The monoisotopic (exact) mass is 347 g/mol. The number of nitrogens with zero attached hydrogens (tertiary/aromatic N) is 1. The molecule has 26 heavy (non-hydrogen) atoms. The topological polar surface area (TPSA) is 48.1 Å². The number of aromatic amines is 1. The molecule has 4 nitrogen and oxygen atoms in total. The van der Waals surface area contributed by atoms with E-state index in [0.29, 0.717) is 6.42 Å². The van der Waals surface area contributed by atoms with Crippen LogP contribution in [0.1, 0.15) is 29.7 Å². The molecule has 2 N–H and O–H groups in total. The number of piperazine rings is 1. The summed E-state index contributed by atoms with van der Waals surface area (Å²) in [6, 6.07) is 16.9. The Morgan fingerprint density at radius 3 is 2.77 bits per heavy atom. The highest BCUT2D eigenvalue weighted by Gasteiger charge is 2.24. The van der Waals surface area contributed by atoms with Crippen molar-refractivity contribution in [1.82, 2.24) is 15.2 Å². The summed E-state index contributed by atoms with van der Waals surface area (Å²) in [6.45, 7) is 4.49. The highest BCUT2D eigenvalue weighted by molar-refractivity contribution is 5.90. The first-order valence-corrected chi connectivity index (χ1v) is 9.40. The van der Waals surface area contributed by atoms with Crippen molar-refractivity contribution in [3.05, 3.63) is 71.4 Å². The summed E-state index contributed by atoms with van der Waals surface area (Å²) >= 11 is 0. The van der Waals surface area contributed by atoms with Crippen LogP contribution in [-0.2, 0) is 17.6 Å². The van der Waals surface area contributed by atoms with Gasteiger partial charge in [-0.15, -0.1) is 0 Å². The normalized spacial score (nSPS) is 17.6. The molecule has 1 amide bonds. The Kier molecular flexibility index (Phi) is 4.76. The number of carbonyl (C=O) groups excluding carboxylic acids is 1. The molecule has 0 radical (unpaired) electrons. The first-order chi connectivity index (χ1) is 12.8. The molecule has 1 aromatic heterocycles. The number of hydrogen-bond donors (Lipinski definition) is 2. The fourth-order valence-corrected chi connectivity index (χ4v) is 3.88. The molecule has 2 aromatic carbocycles. The number of benzene rings is 2. The molecule has 0 aliphatic carbocycles. The molecule has 0 spiro atoms. The molecule has 1 atom stereocenters. The largest absolute Gasteiger partial charge is 0.361 e. The number of hydrogen-bond acceptors (Lipinski definition) is 2. The van der Waals surface area contributed by atoms with Gasteiger partial charge in [-0.3, -0.25) is 4.79 Å². The van der Waals surface area contributed by atoms with Crippen LogP contribution >= 0.6 is 0 Å². The molecule has 1 aliphatic heterocycles. The van der Waals surface area contributed by atoms with Crippen LogP contribution < -0.4 is 5.32 Å². The van der Waals surface area contributed by atoms with E-state index in [1.165, 1.54) is 22.0 Å². The summed E-state index contributed by atoms with van der Waals surface area (Å²) in [5, 5.41) is 4.70. The lowest BCUT2D eigenvalue weighted by molar-refractivity contribution is -0.131. The molecule has 134 valence electrons. The molecule has 0 saturated carbocycles. The van der Waals surface area contributed by atoms with Crippen molar-refractivity contribution in [3.8, 4) is 0 Å². The van der Waals surface area contributed by atoms with Crippen molar-refractivity contribution in [1.29, 1.82) is 0 Å². The smallest absolute Gasteiger partial charge is 0.227 e. The van der Waals surface area contributed by atoms with E-state index in [1.54, 1.807) is 0 Å². The van der Waals surface area contributed by atoms with Gasteiger partial charge in [0, 0.05) is 42.8 Å². The van der Waals surface area contributed by atoms with E-state index in [0.717, 1.165) is 31.6 Å². The standard InChI is InChI=1S/C22H25N3O/c1-2-16-9-6-10-19-18(14-24-22(16)19)13-21(26)25-12-11-23-20(15-25)17-7-4-3-5-8-17/h3-10,14,20,23-24H,2,11-13,15H2,1H3. The van der Waals surface area contributed by atoms with Gasteiger partial charge in [-0.2, -0.15) is 0 Å². The second kappa shape index (κ2) is 7.34. The lowest BCUT2D eigenvalue weighted by atomic mass is 10.0.